The first-order valence-corrected chi connectivity index (χ1v) is 7.79. The number of carbonyl (C=O) groups excluding carboxylic acids is 1. The van der Waals surface area contributed by atoms with Gasteiger partial charge in [0.15, 0.2) is 5.78 Å². The second kappa shape index (κ2) is 5.37. The summed E-state index contributed by atoms with van der Waals surface area (Å²) in [5, 5.41) is 7.92. The number of likely N-dealkylation sites (N-methyl/N-ethyl adjacent to an activating group) is 1. The monoisotopic (exact) mass is 358 g/mol. The Labute approximate surface area is 118 Å². The predicted molar refractivity (Wildman–Crippen MR) is 73.9 cm³/mol. The fraction of sp³-hybridized carbons (Fsp3) is 0.375. The SMILES string of the molecule is Br.CNC1CSc2sc(S(N)(=O)=O)cc2C1=O. The van der Waals surface area contributed by atoms with Crippen LogP contribution in [0.25, 0.3) is 0 Å². The highest BCUT2D eigenvalue weighted by atomic mass is 79.9. The average molecular weight is 359 g/mol. The number of ketones is 1. The van der Waals surface area contributed by atoms with E-state index in [0.29, 0.717) is 11.3 Å². The normalized spacial score (nSPS) is 19.6. The molecule has 1 unspecified atom stereocenters. The Kier molecular flexibility index (Phi) is 4.78. The summed E-state index contributed by atoms with van der Waals surface area (Å²) in [4.78, 5) is 11.9. The van der Waals surface area contributed by atoms with E-state index in [1.807, 2.05) is 0 Å². The van der Waals surface area contributed by atoms with Crippen molar-refractivity contribution in [1.29, 1.82) is 0 Å². The van der Waals surface area contributed by atoms with Crippen molar-refractivity contribution in [2.24, 2.45) is 5.14 Å². The fourth-order valence-corrected chi connectivity index (χ4v) is 4.85. The Balaban J connectivity index is 0.00000144. The Morgan fingerprint density at radius 1 is 1.53 bits per heavy atom. The van der Waals surface area contributed by atoms with Crippen LogP contribution in [-0.4, -0.2) is 33.0 Å². The lowest BCUT2D eigenvalue weighted by Crippen LogP contribution is -2.38. The molecule has 3 N–H and O–H groups in total. The zero-order valence-corrected chi connectivity index (χ0v) is 13.0. The standard InChI is InChI=1S/C8H10N2O3S3.BrH/c1-10-5-3-14-8-4(7(5)11)2-6(15-8)16(9,12)13;/h2,5,10H,3H2,1H3,(H2,9,12,13);1H. The summed E-state index contributed by atoms with van der Waals surface area (Å²) in [6, 6.07) is 1.12. The number of hydrogen-bond acceptors (Lipinski definition) is 6. The summed E-state index contributed by atoms with van der Waals surface area (Å²) in [5.74, 6) is 0.551. The van der Waals surface area contributed by atoms with E-state index < -0.39 is 10.0 Å². The largest absolute Gasteiger partial charge is 0.310 e. The van der Waals surface area contributed by atoms with Crippen LogP contribution >= 0.6 is 40.1 Å². The van der Waals surface area contributed by atoms with Crippen LogP contribution in [0.1, 0.15) is 10.4 Å². The lowest BCUT2D eigenvalue weighted by atomic mass is 10.1. The highest BCUT2D eigenvalue weighted by molar-refractivity contribution is 8.93. The molecule has 2 rings (SSSR count). The maximum atomic E-state index is 11.9. The summed E-state index contributed by atoms with van der Waals surface area (Å²) in [5.41, 5.74) is 0.463. The van der Waals surface area contributed by atoms with Crippen LogP contribution in [0.3, 0.4) is 0 Å². The number of hydrogen-bond donors (Lipinski definition) is 2. The maximum absolute atomic E-state index is 11.9. The third-order valence-electron chi connectivity index (χ3n) is 2.27. The van der Waals surface area contributed by atoms with E-state index in [9.17, 15) is 13.2 Å². The number of fused-ring (bicyclic) bond motifs is 1. The summed E-state index contributed by atoms with van der Waals surface area (Å²) in [6.45, 7) is 0. The Hall–Kier alpha value is 0.0700. The third-order valence-corrected chi connectivity index (χ3v) is 6.20. The molecule has 2 heterocycles. The molecule has 0 radical (unpaired) electrons. The van der Waals surface area contributed by atoms with Crippen LogP contribution in [0.15, 0.2) is 14.5 Å². The molecule has 5 nitrogen and oxygen atoms in total. The topological polar surface area (TPSA) is 89.3 Å². The van der Waals surface area contributed by atoms with Gasteiger partial charge in [0.05, 0.1) is 10.3 Å². The van der Waals surface area contributed by atoms with Crippen molar-refractivity contribution in [3.63, 3.8) is 0 Å². The van der Waals surface area contributed by atoms with E-state index in [2.05, 4.69) is 5.32 Å². The maximum Gasteiger partial charge on any atom is 0.247 e. The number of nitrogens with one attached hydrogen (secondary N) is 1. The fourth-order valence-electron chi connectivity index (χ4n) is 1.41. The van der Waals surface area contributed by atoms with Crippen LogP contribution in [0.2, 0.25) is 0 Å². The molecule has 9 heteroatoms. The predicted octanol–water partition coefficient (Wildman–Crippen LogP) is 0.850. The first kappa shape index (κ1) is 15.1. The van der Waals surface area contributed by atoms with E-state index in [1.54, 1.807) is 7.05 Å². The van der Waals surface area contributed by atoms with Crippen molar-refractivity contribution >= 4 is 55.9 Å². The number of Topliss-reactive ketones (excluding diaryl/α,β-unsaturated/α-hetero) is 1. The molecule has 0 aliphatic carbocycles. The van der Waals surface area contributed by atoms with Gasteiger partial charge in [0, 0.05) is 11.3 Å². The number of nitrogens with two attached hydrogens (primary N) is 1. The lowest BCUT2D eigenvalue weighted by Gasteiger charge is -2.18. The number of primary sulfonamides is 1. The Morgan fingerprint density at radius 2 is 2.18 bits per heavy atom. The molecule has 0 amide bonds. The molecule has 96 valence electrons. The Bertz CT molecular complexity index is 540. The number of halogens is 1. The van der Waals surface area contributed by atoms with Crippen molar-refractivity contribution in [3.05, 3.63) is 11.6 Å². The minimum atomic E-state index is -3.71. The van der Waals surface area contributed by atoms with Gasteiger partial charge in [0.25, 0.3) is 0 Å². The van der Waals surface area contributed by atoms with Gasteiger partial charge in [-0.2, -0.15) is 0 Å². The number of thioether (sulfide) groups is 1. The van der Waals surface area contributed by atoms with E-state index >= 15 is 0 Å². The first-order valence-electron chi connectivity index (χ1n) is 4.44. The molecule has 1 aromatic heterocycles. The lowest BCUT2D eigenvalue weighted by molar-refractivity contribution is 0.0952. The number of sulfonamides is 1. The molecule has 0 saturated heterocycles. The van der Waals surface area contributed by atoms with Gasteiger partial charge in [-0.05, 0) is 13.1 Å². The zero-order chi connectivity index (χ0) is 11.9. The number of carbonyl (C=O) groups is 1. The number of thiophene rings is 1. The molecule has 1 aromatic rings. The first-order chi connectivity index (χ1) is 7.43. The van der Waals surface area contributed by atoms with Crippen molar-refractivity contribution < 1.29 is 13.2 Å². The van der Waals surface area contributed by atoms with Crippen LogP contribution in [0.4, 0.5) is 0 Å². The van der Waals surface area contributed by atoms with E-state index in [0.717, 1.165) is 15.5 Å². The molecular weight excluding hydrogens is 348 g/mol. The smallest absolute Gasteiger partial charge is 0.247 e. The molecule has 0 spiro atoms. The van der Waals surface area contributed by atoms with Gasteiger partial charge in [-0.3, -0.25) is 4.79 Å². The van der Waals surface area contributed by atoms with Crippen LogP contribution in [0.5, 0.6) is 0 Å². The summed E-state index contributed by atoms with van der Waals surface area (Å²) in [7, 11) is -2.00. The Morgan fingerprint density at radius 3 is 2.71 bits per heavy atom. The van der Waals surface area contributed by atoms with E-state index in [4.69, 9.17) is 5.14 Å². The van der Waals surface area contributed by atoms with Gasteiger partial charge in [-0.15, -0.1) is 40.1 Å². The van der Waals surface area contributed by atoms with Gasteiger partial charge in [0.1, 0.15) is 4.21 Å². The van der Waals surface area contributed by atoms with Crippen molar-refractivity contribution in [3.8, 4) is 0 Å². The second-order valence-electron chi connectivity index (χ2n) is 3.33. The van der Waals surface area contributed by atoms with Crippen molar-refractivity contribution in [2.75, 3.05) is 12.8 Å². The van der Waals surface area contributed by atoms with Crippen molar-refractivity contribution in [2.45, 2.75) is 14.5 Å². The molecule has 1 aliphatic rings. The highest BCUT2D eigenvalue weighted by Crippen LogP contribution is 2.38. The molecular formula is C8H11BrN2O3S3. The molecule has 0 aromatic carbocycles. The zero-order valence-electron chi connectivity index (χ0n) is 8.80. The van der Waals surface area contributed by atoms with Gasteiger partial charge in [-0.1, -0.05) is 0 Å². The van der Waals surface area contributed by atoms with E-state index in [1.165, 1.54) is 17.8 Å². The van der Waals surface area contributed by atoms with Crippen molar-refractivity contribution in [1.82, 2.24) is 5.32 Å². The molecule has 0 fully saturated rings. The van der Waals surface area contributed by atoms with Crippen LogP contribution < -0.4 is 10.5 Å². The molecule has 1 aliphatic heterocycles. The van der Waals surface area contributed by atoms with E-state index in [-0.39, 0.29) is 33.0 Å². The second-order valence-corrected chi connectivity index (χ2v) is 7.46. The van der Waals surface area contributed by atoms with Gasteiger partial charge >= 0.3 is 0 Å². The minimum absolute atomic E-state index is 0. The third kappa shape index (κ3) is 2.91. The van der Waals surface area contributed by atoms with Crippen LogP contribution in [-0.2, 0) is 10.0 Å². The van der Waals surface area contributed by atoms with Crippen LogP contribution in [0, 0.1) is 0 Å². The molecule has 1 atom stereocenters. The highest BCUT2D eigenvalue weighted by Gasteiger charge is 2.30. The minimum Gasteiger partial charge on any atom is -0.310 e. The molecule has 0 saturated carbocycles. The van der Waals surface area contributed by atoms with Gasteiger partial charge < -0.3 is 5.32 Å². The average Bonchev–Trinajstić information content (AvgIpc) is 2.62. The summed E-state index contributed by atoms with van der Waals surface area (Å²) < 4.78 is 23.1. The summed E-state index contributed by atoms with van der Waals surface area (Å²) in [6.07, 6.45) is 0. The summed E-state index contributed by atoms with van der Waals surface area (Å²) >= 11 is 2.54. The van der Waals surface area contributed by atoms with Gasteiger partial charge in [-0.25, -0.2) is 13.6 Å². The molecule has 17 heavy (non-hydrogen) atoms. The number of rotatable bonds is 2. The molecule has 0 bridgehead atoms. The van der Waals surface area contributed by atoms with Gasteiger partial charge in [0.2, 0.25) is 10.0 Å². The quantitative estimate of drug-likeness (QED) is 0.817.